The van der Waals surface area contributed by atoms with Crippen LogP contribution in [-0.4, -0.2) is 47.1 Å². The van der Waals surface area contributed by atoms with Crippen LogP contribution in [-0.2, 0) is 16.8 Å². The summed E-state index contributed by atoms with van der Waals surface area (Å²) in [6.07, 6.45) is 2.77. The summed E-state index contributed by atoms with van der Waals surface area (Å²) in [6.45, 7) is 1.91. The molecule has 7 nitrogen and oxygen atoms in total. The molecule has 0 N–H and O–H groups in total. The van der Waals surface area contributed by atoms with E-state index in [0.717, 1.165) is 36.7 Å². The van der Waals surface area contributed by atoms with Gasteiger partial charge >= 0.3 is 0 Å². The Balaban J connectivity index is 1.49. The minimum Gasteiger partial charge on any atom is -0.481 e. The maximum Gasteiger partial charge on any atom is 0.232 e. The number of pyridine rings is 1. The molecule has 30 heavy (non-hydrogen) atoms. The lowest BCUT2D eigenvalue weighted by Crippen LogP contribution is -2.29. The summed E-state index contributed by atoms with van der Waals surface area (Å²) in [7, 11) is 3.21. The van der Waals surface area contributed by atoms with Crippen LogP contribution in [0.15, 0.2) is 36.5 Å². The third kappa shape index (κ3) is 3.02. The molecule has 0 bridgehead atoms. The van der Waals surface area contributed by atoms with Crippen LogP contribution in [0.4, 0.5) is 10.3 Å². The van der Waals surface area contributed by atoms with Crippen molar-refractivity contribution in [2.24, 2.45) is 5.92 Å². The van der Waals surface area contributed by atoms with Crippen LogP contribution >= 0.6 is 11.6 Å². The molecule has 3 heterocycles. The first-order valence-electron chi connectivity index (χ1n) is 9.70. The summed E-state index contributed by atoms with van der Waals surface area (Å²) in [6, 6.07) is 8.41. The molecule has 1 aliphatic carbocycles. The minimum atomic E-state index is -0.317. The number of hydrogen-bond acceptors (Lipinski definition) is 6. The smallest absolute Gasteiger partial charge is 0.232 e. The molecule has 0 spiro atoms. The highest BCUT2D eigenvalue weighted by molar-refractivity contribution is 6.31. The molecule has 0 radical (unpaired) electrons. The lowest BCUT2D eigenvalue weighted by Gasteiger charge is -2.23. The van der Waals surface area contributed by atoms with E-state index < -0.39 is 0 Å². The van der Waals surface area contributed by atoms with Gasteiger partial charge in [-0.2, -0.15) is 0 Å². The molecular formula is C21H21ClFN5O2. The van der Waals surface area contributed by atoms with E-state index in [9.17, 15) is 4.39 Å². The van der Waals surface area contributed by atoms with E-state index in [1.165, 1.54) is 12.1 Å². The van der Waals surface area contributed by atoms with Crippen molar-refractivity contribution in [3.63, 3.8) is 0 Å². The Morgan fingerprint density at radius 2 is 2.10 bits per heavy atom. The van der Waals surface area contributed by atoms with E-state index in [4.69, 9.17) is 21.1 Å². The molecule has 156 valence electrons. The molecule has 2 aliphatic rings. The van der Waals surface area contributed by atoms with Gasteiger partial charge in [-0.3, -0.25) is 4.57 Å². The third-order valence-electron chi connectivity index (χ3n) is 6.07. The van der Waals surface area contributed by atoms with Crippen molar-refractivity contribution < 1.29 is 13.9 Å². The molecule has 2 aromatic heterocycles. The second kappa shape index (κ2) is 7.21. The lowest BCUT2D eigenvalue weighted by molar-refractivity contribution is 0.176. The van der Waals surface area contributed by atoms with Crippen LogP contribution < -0.4 is 9.64 Å². The second-order valence-corrected chi connectivity index (χ2v) is 8.21. The zero-order chi connectivity index (χ0) is 20.9. The number of anilines is 1. The topological polar surface area (TPSA) is 65.3 Å². The monoisotopic (exact) mass is 429 g/mol. The van der Waals surface area contributed by atoms with Crippen molar-refractivity contribution in [3.8, 4) is 11.6 Å². The highest BCUT2D eigenvalue weighted by Crippen LogP contribution is 2.60. The lowest BCUT2D eigenvalue weighted by atomic mass is 9.95. The highest BCUT2D eigenvalue weighted by atomic mass is 35.5. The van der Waals surface area contributed by atoms with Crippen LogP contribution in [0.25, 0.3) is 5.69 Å². The van der Waals surface area contributed by atoms with E-state index in [1.807, 2.05) is 16.7 Å². The zero-order valence-corrected chi connectivity index (χ0v) is 17.4. The van der Waals surface area contributed by atoms with Gasteiger partial charge in [-0.15, -0.1) is 10.2 Å². The Kier molecular flexibility index (Phi) is 4.63. The van der Waals surface area contributed by atoms with E-state index in [-0.39, 0.29) is 11.2 Å². The quantitative estimate of drug-likeness (QED) is 0.598. The Hall–Kier alpha value is -2.71. The van der Waals surface area contributed by atoms with Gasteiger partial charge in [-0.05, 0) is 36.1 Å². The normalized spacial score (nSPS) is 22.3. The largest absolute Gasteiger partial charge is 0.481 e. The summed E-state index contributed by atoms with van der Waals surface area (Å²) in [5.74, 6) is 2.09. The Morgan fingerprint density at radius 3 is 2.80 bits per heavy atom. The summed E-state index contributed by atoms with van der Waals surface area (Å²) >= 11 is 6.39. The van der Waals surface area contributed by atoms with Crippen molar-refractivity contribution in [1.29, 1.82) is 0 Å². The molecule has 1 saturated carbocycles. The van der Waals surface area contributed by atoms with Gasteiger partial charge in [-0.1, -0.05) is 17.7 Å². The number of benzene rings is 1. The SMILES string of the molecule is COCc1nnc(N2C[C@@H]3C[C@]3(c3ccc(F)cc3Cl)C2)n1-c1ccc(OC)nc1. The van der Waals surface area contributed by atoms with E-state index in [1.54, 1.807) is 26.5 Å². The standard InChI is InChI=1S/C21H21ClFN5O2/c1-29-11-18-25-26-20(28(18)15-4-6-19(30-2)24-9-15)27-10-13-8-21(13,12-27)16-5-3-14(23)7-17(16)22/h3-7,9,13H,8,10-12H2,1-2H3/t13-,21-/m0/s1. The Labute approximate surface area is 178 Å². The van der Waals surface area contributed by atoms with Gasteiger partial charge in [0, 0.05) is 36.7 Å². The predicted molar refractivity (Wildman–Crippen MR) is 110 cm³/mol. The molecular weight excluding hydrogens is 409 g/mol. The number of methoxy groups -OCH3 is 2. The zero-order valence-electron chi connectivity index (χ0n) is 16.7. The number of rotatable bonds is 6. The number of piperidine rings is 1. The fourth-order valence-electron chi connectivity index (χ4n) is 4.57. The fourth-order valence-corrected chi connectivity index (χ4v) is 4.93. The first kappa shape index (κ1) is 19.3. The number of aromatic nitrogens is 4. The minimum absolute atomic E-state index is 0.0683. The molecule has 1 saturated heterocycles. The first-order chi connectivity index (χ1) is 14.6. The number of hydrogen-bond donors (Lipinski definition) is 0. The molecule has 3 aromatic rings. The molecule has 2 atom stereocenters. The van der Waals surface area contributed by atoms with Crippen molar-refractivity contribution in [1.82, 2.24) is 19.7 Å². The van der Waals surface area contributed by atoms with Gasteiger partial charge in [0.1, 0.15) is 12.4 Å². The van der Waals surface area contributed by atoms with E-state index in [2.05, 4.69) is 20.1 Å². The molecule has 2 fully saturated rings. The molecule has 0 amide bonds. The maximum absolute atomic E-state index is 13.5. The Bertz CT molecular complexity index is 1090. The van der Waals surface area contributed by atoms with Gasteiger partial charge in [0.2, 0.25) is 11.8 Å². The van der Waals surface area contributed by atoms with Crippen molar-refractivity contribution in [3.05, 3.63) is 58.8 Å². The summed E-state index contributed by atoms with van der Waals surface area (Å²) in [5, 5.41) is 9.29. The molecule has 9 heteroatoms. The average molecular weight is 430 g/mol. The van der Waals surface area contributed by atoms with E-state index >= 15 is 0 Å². The van der Waals surface area contributed by atoms with Gasteiger partial charge in [0.25, 0.3) is 0 Å². The Morgan fingerprint density at radius 1 is 1.23 bits per heavy atom. The van der Waals surface area contributed by atoms with Crippen molar-refractivity contribution in [2.45, 2.75) is 18.4 Å². The van der Waals surface area contributed by atoms with Crippen LogP contribution in [0.5, 0.6) is 5.88 Å². The maximum atomic E-state index is 13.5. The predicted octanol–water partition coefficient (Wildman–Crippen LogP) is 3.39. The third-order valence-corrected chi connectivity index (χ3v) is 6.38. The highest BCUT2D eigenvalue weighted by Gasteiger charge is 2.62. The summed E-state index contributed by atoms with van der Waals surface area (Å²) in [4.78, 5) is 6.53. The molecule has 1 aromatic carbocycles. The fraction of sp³-hybridized carbons (Fsp3) is 0.381. The van der Waals surface area contributed by atoms with Gasteiger partial charge in [-0.25, -0.2) is 9.37 Å². The number of ether oxygens (including phenoxy) is 2. The average Bonchev–Trinajstić information content (AvgIpc) is 3.09. The van der Waals surface area contributed by atoms with Crippen LogP contribution in [0.1, 0.15) is 17.8 Å². The van der Waals surface area contributed by atoms with Gasteiger partial charge in [0.05, 0.1) is 19.0 Å². The molecule has 5 rings (SSSR count). The number of nitrogens with zero attached hydrogens (tertiary/aromatic N) is 5. The summed E-state index contributed by atoms with van der Waals surface area (Å²) in [5.41, 5.74) is 1.77. The van der Waals surface area contributed by atoms with Crippen molar-refractivity contribution in [2.75, 3.05) is 32.2 Å². The van der Waals surface area contributed by atoms with Gasteiger partial charge in [0.15, 0.2) is 5.82 Å². The van der Waals surface area contributed by atoms with Crippen LogP contribution in [0.3, 0.4) is 0 Å². The summed E-state index contributed by atoms with van der Waals surface area (Å²) < 4.78 is 26.0. The van der Waals surface area contributed by atoms with Crippen LogP contribution in [0.2, 0.25) is 5.02 Å². The van der Waals surface area contributed by atoms with E-state index in [0.29, 0.717) is 29.3 Å². The number of halogens is 2. The van der Waals surface area contributed by atoms with Gasteiger partial charge < -0.3 is 14.4 Å². The molecule has 1 aliphatic heterocycles. The second-order valence-electron chi connectivity index (χ2n) is 7.81. The van der Waals surface area contributed by atoms with Crippen molar-refractivity contribution >= 4 is 17.5 Å². The first-order valence-corrected chi connectivity index (χ1v) is 10.1. The van der Waals surface area contributed by atoms with Crippen LogP contribution in [0, 0.1) is 11.7 Å². The molecule has 0 unspecified atom stereocenters. The number of fused-ring (bicyclic) bond motifs is 1.